The van der Waals surface area contributed by atoms with Crippen molar-refractivity contribution in [1.29, 1.82) is 0 Å². The van der Waals surface area contributed by atoms with Crippen LogP contribution in [0.5, 0.6) is 0 Å². The Morgan fingerprint density at radius 2 is 1.81 bits per heavy atom. The van der Waals surface area contributed by atoms with E-state index < -0.39 is 16.0 Å². The lowest BCUT2D eigenvalue weighted by Gasteiger charge is -2.06. The van der Waals surface area contributed by atoms with E-state index in [0.29, 0.717) is 16.9 Å². The van der Waals surface area contributed by atoms with E-state index >= 15 is 0 Å². The molecule has 0 atom stereocenters. The first kappa shape index (κ1) is 17.7. The lowest BCUT2D eigenvalue weighted by atomic mass is 10.1. The van der Waals surface area contributed by atoms with Gasteiger partial charge in [-0.25, -0.2) is 17.9 Å². The number of carboxylic acids is 1. The van der Waals surface area contributed by atoms with Crippen LogP contribution >= 0.6 is 0 Å². The van der Waals surface area contributed by atoms with Gasteiger partial charge in [0.25, 0.3) is 0 Å². The predicted molar refractivity (Wildman–Crippen MR) is 99.2 cm³/mol. The molecule has 3 rings (SSSR count). The number of para-hydroxylation sites is 1. The fraction of sp³-hybridized carbons (Fsp3) is 0.111. The molecule has 0 saturated carbocycles. The quantitative estimate of drug-likeness (QED) is 0.718. The molecule has 0 aliphatic heterocycles. The zero-order valence-corrected chi connectivity index (χ0v) is 15.0. The van der Waals surface area contributed by atoms with E-state index in [1.54, 1.807) is 35.9 Å². The summed E-state index contributed by atoms with van der Waals surface area (Å²) in [6.45, 7) is 1.69. The van der Waals surface area contributed by atoms with Crippen molar-refractivity contribution in [2.45, 2.75) is 6.92 Å². The fourth-order valence-electron chi connectivity index (χ4n) is 2.73. The summed E-state index contributed by atoms with van der Waals surface area (Å²) in [5.41, 5.74) is 2.42. The predicted octanol–water partition coefficient (Wildman–Crippen LogP) is 2.92. The van der Waals surface area contributed by atoms with Crippen LogP contribution in [0.2, 0.25) is 0 Å². The van der Waals surface area contributed by atoms with E-state index in [0.717, 1.165) is 11.9 Å². The molecule has 0 radical (unpaired) electrons. The molecule has 0 bridgehead atoms. The number of aromatic nitrogens is 2. The number of sulfonamides is 1. The zero-order valence-electron chi connectivity index (χ0n) is 14.2. The minimum Gasteiger partial charge on any atom is -0.478 e. The minimum atomic E-state index is -3.44. The zero-order chi connectivity index (χ0) is 18.9. The second-order valence-corrected chi connectivity index (χ2v) is 7.57. The smallest absolute Gasteiger partial charge is 0.339 e. The Hall–Kier alpha value is -3.13. The Kier molecular flexibility index (Phi) is 4.52. The van der Waals surface area contributed by atoms with Crippen LogP contribution in [0.4, 0.5) is 5.69 Å². The van der Waals surface area contributed by atoms with Gasteiger partial charge in [-0.1, -0.05) is 30.3 Å². The largest absolute Gasteiger partial charge is 0.478 e. The Morgan fingerprint density at radius 3 is 2.42 bits per heavy atom. The number of aromatic carboxylic acids is 1. The average Bonchev–Trinajstić information content (AvgIpc) is 2.92. The number of carbonyl (C=O) groups is 1. The highest BCUT2D eigenvalue weighted by Gasteiger charge is 2.22. The van der Waals surface area contributed by atoms with Crippen LogP contribution in [-0.2, 0) is 10.0 Å². The molecule has 7 nitrogen and oxygen atoms in total. The van der Waals surface area contributed by atoms with Crippen molar-refractivity contribution in [2.24, 2.45) is 0 Å². The average molecular weight is 371 g/mol. The highest BCUT2D eigenvalue weighted by molar-refractivity contribution is 7.92. The Labute approximate surface area is 151 Å². The van der Waals surface area contributed by atoms with Crippen molar-refractivity contribution in [3.63, 3.8) is 0 Å². The summed E-state index contributed by atoms with van der Waals surface area (Å²) < 4.78 is 26.8. The molecule has 2 aromatic carbocycles. The van der Waals surface area contributed by atoms with Gasteiger partial charge in [-0.15, -0.1) is 0 Å². The molecular formula is C18H17N3O4S. The summed E-state index contributed by atoms with van der Waals surface area (Å²) in [6, 6.07) is 15.7. The molecule has 1 aromatic heterocycles. The van der Waals surface area contributed by atoms with Crippen LogP contribution < -0.4 is 4.72 Å². The summed E-state index contributed by atoms with van der Waals surface area (Å²) in [5.74, 6) is -1.10. The lowest BCUT2D eigenvalue weighted by Crippen LogP contribution is -2.09. The Morgan fingerprint density at radius 1 is 1.12 bits per heavy atom. The maximum absolute atomic E-state index is 11.8. The van der Waals surface area contributed by atoms with Crippen LogP contribution in [0.1, 0.15) is 16.1 Å². The van der Waals surface area contributed by atoms with Crippen LogP contribution in [-0.4, -0.2) is 35.5 Å². The van der Waals surface area contributed by atoms with Crippen molar-refractivity contribution in [3.8, 4) is 16.9 Å². The molecule has 0 aliphatic carbocycles. The normalized spacial score (nSPS) is 11.3. The number of benzene rings is 2. The molecule has 0 aliphatic rings. The molecule has 0 spiro atoms. The van der Waals surface area contributed by atoms with Crippen LogP contribution in [0.15, 0.2) is 54.6 Å². The number of hydrogen-bond donors (Lipinski definition) is 2. The van der Waals surface area contributed by atoms with Gasteiger partial charge in [0, 0.05) is 11.3 Å². The molecule has 3 aromatic rings. The summed E-state index contributed by atoms with van der Waals surface area (Å²) in [4.78, 5) is 11.8. The van der Waals surface area contributed by atoms with Crippen molar-refractivity contribution in [3.05, 3.63) is 65.9 Å². The summed E-state index contributed by atoms with van der Waals surface area (Å²) in [7, 11) is -3.44. The van der Waals surface area contributed by atoms with Crippen molar-refractivity contribution in [1.82, 2.24) is 9.78 Å². The first-order valence-corrected chi connectivity index (χ1v) is 9.62. The molecule has 1 heterocycles. The van der Waals surface area contributed by atoms with Gasteiger partial charge in [0.2, 0.25) is 10.0 Å². The number of hydrogen-bond acceptors (Lipinski definition) is 4. The van der Waals surface area contributed by atoms with E-state index in [4.69, 9.17) is 0 Å². The molecule has 134 valence electrons. The van der Waals surface area contributed by atoms with Gasteiger partial charge < -0.3 is 5.11 Å². The molecule has 0 saturated heterocycles. The first-order valence-electron chi connectivity index (χ1n) is 7.73. The van der Waals surface area contributed by atoms with Gasteiger partial charge in [-0.2, -0.15) is 5.10 Å². The molecule has 8 heteroatoms. The third-order valence-corrected chi connectivity index (χ3v) is 4.38. The molecule has 0 unspecified atom stereocenters. The number of carboxylic acid groups (broad SMARTS) is 1. The van der Waals surface area contributed by atoms with Crippen molar-refractivity contribution in [2.75, 3.05) is 11.0 Å². The van der Waals surface area contributed by atoms with Gasteiger partial charge in [0.1, 0.15) is 11.3 Å². The fourth-order valence-corrected chi connectivity index (χ4v) is 3.28. The standard InChI is InChI=1S/C18H17N3O4S/c1-12-16(18(22)23)17(19-21(12)15-9-4-3-5-10-15)13-7-6-8-14(11-13)20-26(2,24)25/h3-11,20H,1-2H3,(H,22,23). The van der Waals surface area contributed by atoms with Gasteiger partial charge in [-0.3, -0.25) is 4.72 Å². The lowest BCUT2D eigenvalue weighted by molar-refractivity contribution is 0.0697. The maximum Gasteiger partial charge on any atom is 0.339 e. The van der Waals surface area contributed by atoms with Gasteiger partial charge in [0.05, 0.1) is 17.6 Å². The van der Waals surface area contributed by atoms with Gasteiger partial charge >= 0.3 is 5.97 Å². The summed E-state index contributed by atoms with van der Waals surface area (Å²) in [6.07, 6.45) is 1.05. The highest BCUT2D eigenvalue weighted by Crippen LogP contribution is 2.29. The Bertz CT molecular complexity index is 1070. The van der Waals surface area contributed by atoms with E-state index in [-0.39, 0.29) is 11.3 Å². The topological polar surface area (TPSA) is 101 Å². The molecule has 0 fully saturated rings. The van der Waals surface area contributed by atoms with Crippen LogP contribution in [0, 0.1) is 6.92 Å². The maximum atomic E-state index is 11.8. The minimum absolute atomic E-state index is 0.0744. The van der Waals surface area contributed by atoms with E-state index in [2.05, 4.69) is 9.82 Å². The van der Waals surface area contributed by atoms with Crippen LogP contribution in [0.3, 0.4) is 0 Å². The monoisotopic (exact) mass is 371 g/mol. The number of rotatable bonds is 5. The molecule has 2 N–H and O–H groups in total. The number of anilines is 1. The van der Waals surface area contributed by atoms with Crippen LogP contribution in [0.25, 0.3) is 16.9 Å². The summed E-state index contributed by atoms with van der Waals surface area (Å²) >= 11 is 0. The van der Waals surface area contributed by atoms with E-state index in [1.807, 2.05) is 30.3 Å². The number of nitrogens with one attached hydrogen (secondary N) is 1. The third kappa shape index (κ3) is 3.60. The second kappa shape index (κ2) is 6.64. The first-order chi connectivity index (χ1) is 12.3. The molecule has 0 amide bonds. The number of nitrogens with zero attached hydrogens (tertiary/aromatic N) is 2. The summed E-state index contributed by atoms with van der Waals surface area (Å²) in [5, 5.41) is 14.1. The molecule has 26 heavy (non-hydrogen) atoms. The van der Waals surface area contributed by atoms with Crippen molar-refractivity contribution < 1.29 is 18.3 Å². The van der Waals surface area contributed by atoms with Crippen molar-refractivity contribution >= 4 is 21.7 Å². The van der Waals surface area contributed by atoms with Gasteiger partial charge in [0.15, 0.2) is 0 Å². The van der Waals surface area contributed by atoms with E-state index in [1.165, 1.54) is 0 Å². The Balaban J connectivity index is 2.16. The molecular weight excluding hydrogens is 354 g/mol. The third-order valence-electron chi connectivity index (χ3n) is 3.77. The van der Waals surface area contributed by atoms with E-state index in [9.17, 15) is 18.3 Å². The SMILES string of the molecule is Cc1c(C(=O)O)c(-c2cccc(NS(C)(=O)=O)c2)nn1-c1ccccc1. The second-order valence-electron chi connectivity index (χ2n) is 5.82. The van der Waals surface area contributed by atoms with Gasteiger partial charge in [-0.05, 0) is 31.2 Å². The highest BCUT2D eigenvalue weighted by atomic mass is 32.2.